The zero-order valence-corrected chi connectivity index (χ0v) is 20.4. The number of primary amides is 1. The van der Waals surface area contributed by atoms with E-state index < -0.39 is 11.7 Å². The summed E-state index contributed by atoms with van der Waals surface area (Å²) in [5, 5.41) is 9.68. The molecule has 4 aromatic rings. The van der Waals surface area contributed by atoms with Crippen LogP contribution in [0, 0.1) is 5.82 Å². The van der Waals surface area contributed by atoms with Gasteiger partial charge in [-0.2, -0.15) is 0 Å². The smallest absolute Gasteiger partial charge is 0.274 e. The molecule has 2 atom stereocenters. The summed E-state index contributed by atoms with van der Waals surface area (Å²) in [6.45, 7) is 0. The molecule has 3 heterocycles. The Labute approximate surface area is 218 Å². The van der Waals surface area contributed by atoms with Gasteiger partial charge in [-0.1, -0.05) is 31.0 Å². The van der Waals surface area contributed by atoms with Crippen LogP contribution in [-0.4, -0.2) is 38.8 Å². The summed E-state index contributed by atoms with van der Waals surface area (Å²) in [7, 11) is 0. The van der Waals surface area contributed by atoms with E-state index in [1.54, 1.807) is 42.6 Å². The fourth-order valence-corrected chi connectivity index (χ4v) is 4.54. The van der Waals surface area contributed by atoms with Gasteiger partial charge in [0.25, 0.3) is 11.8 Å². The third-order valence-corrected chi connectivity index (χ3v) is 6.50. The van der Waals surface area contributed by atoms with Crippen molar-refractivity contribution in [3.8, 4) is 0 Å². The highest BCUT2D eigenvalue weighted by atomic mass is 19.1. The second-order valence-electron chi connectivity index (χ2n) is 9.17. The minimum absolute atomic E-state index is 0.00637. The number of nitrogens with two attached hydrogens (primary N) is 2. The van der Waals surface area contributed by atoms with Crippen LogP contribution in [0.5, 0.6) is 0 Å². The number of benzene rings is 1. The van der Waals surface area contributed by atoms with E-state index in [-0.39, 0.29) is 40.9 Å². The Kier molecular flexibility index (Phi) is 7.09. The van der Waals surface area contributed by atoms with Crippen molar-refractivity contribution in [3.05, 3.63) is 78.0 Å². The lowest BCUT2D eigenvalue weighted by Gasteiger charge is -2.30. The quantitative estimate of drug-likeness (QED) is 0.248. The Balaban J connectivity index is 1.42. The lowest BCUT2D eigenvalue weighted by Crippen LogP contribution is -2.43. The molecule has 1 aliphatic rings. The van der Waals surface area contributed by atoms with Gasteiger partial charge in [-0.05, 0) is 43.2 Å². The van der Waals surface area contributed by atoms with E-state index in [4.69, 9.17) is 11.5 Å². The topological polar surface area (TPSA) is 161 Å². The maximum atomic E-state index is 14.8. The van der Waals surface area contributed by atoms with Crippen LogP contribution in [0.1, 0.15) is 46.5 Å². The molecule has 1 aromatic carbocycles. The first kappa shape index (κ1) is 25.0. The number of nitrogens with zero attached hydrogens (tertiary/aromatic N) is 3. The summed E-state index contributed by atoms with van der Waals surface area (Å²) < 4.78 is 14.8. The predicted octanol–water partition coefficient (Wildman–Crippen LogP) is 3.94. The second kappa shape index (κ2) is 10.8. The molecule has 10 nitrogen and oxygen atoms in total. The van der Waals surface area contributed by atoms with Crippen LogP contribution >= 0.6 is 0 Å². The molecular formula is C27H27FN8O2. The molecule has 0 bridgehead atoms. The Morgan fingerprint density at radius 3 is 2.61 bits per heavy atom. The number of anilines is 4. The number of nitrogens with one attached hydrogen (secondary N) is 3. The molecule has 1 aliphatic carbocycles. The Morgan fingerprint density at radius 2 is 1.84 bits per heavy atom. The molecular weight excluding hydrogens is 487 g/mol. The number of hydrogen-bond donors (Lipinski definition) is 5. The van der Waals surface area contributed by atoms with Crippen LogP contribution in [0.3, 0.4) is 0 Å². The second-order valence-corrected chi connectivity index (χ2v) is 9.17. The van der Waals surface area contributed by atoms with Crippen molar-refractivity contribution in [1.29, 1.82) is 0 Å². The van der Waals surface area contributed by atoms with E-state index in [0.717, 1.165) is 31.7 Å². The Morgan fingerprint density at radius 1 is 1.00 bits per heavy atom. The molecule has 2 unspecified atom stereocenters. The van der Waals surface area contributed by atoms with E-state index in [1.807, 2.05) is 6.07 Å². The fraction of sp³-hybridized carbons (Fsp3) is 0.222. The number of carbonyl (C=O) groups excluding carboxylic acids is 2. The fourth-order valence-electron chi connectivity index (χ4n) is 4.54. The molecule has 1 fully saturated rings. The van der Waals surface area contributed by atoms with Gasteiger partial charge in [0.15, 0.2) is 11.6 Å². The average molecular weight is 515 g/mol. The zero-order valence-electron chi connectivity index (χ0n) is 20.4. The molecule has 11 heteroatoms. The van der Waals surface area contributed by atoms with Gasteiger partial charge in [0.2, 0.25) is 0 Å². The summed E-state index contributed by atoms with van der Waals surface area (Å²) in [4.78, 5) is 37.6. The monoisotopic (exact) mass is 514 g/mol. The van der Waals surface area contributed by atoms with Gasteiger partial charge in [0.1, 0.15) is 11.5 Å². The third kappa shape index (κ3) is 5.37. The lowest BCUT2D eigenvalue weighted by atomic mass is 9.91. The van der Waals surface area contributed by atoms with Crippen LogP contribution in [0.4, 0.5) is 27.4 Å². The molecule has 3 aromatic heterocycles. The van der Waals surface area contributed by atoms with E-state index >= 15 is 0 Å². The molecule has 0 radical (unpaired) electrons. The number of pyridine rings is 3. The maximum absolute atomic E-state index is 14.8. The van der Waals surface area contributed by atoms with Gasteiger partial charge in [-0.15, -0.1) is 0 Å². The van der Waals surface area contributed by atoms with Gasteiger partial charge in [0, 0.05) is 23.7 Å². The van der Waals surface area contributed by atoms with E-state index in [2.05, 4.69) is 30.9 Å². The first-order valence-corrected chi connectivity index (χ1v) is 12.3. The number of carbonyl (C=O) groups is 2. The number of fused-ring (bicyclic) bond motifs is 1. The van der Waals surface area contributed by atoms with Crippen molar-refractivity contribution < 1.29 is 14.0 Å². The van der Waals surface area contributed by atoms with Crippen LogP contribution in [0.25, 0.3) is 10.9 Å². The van der Waals surface area contributed by atoms with Crippen molar-refractivity contribution in [2.75, 3.05) is 16.0 Å². The molecule has 1 saturated carbocycles. The molecule has 0 spiro atoms. The normalized spacial score (nSPS) is 17.1. The number of amides is 2. The van der Waals surface area contributed by atoms with Crippen molar-refractivity contribution in [2.45, 2.75) is 37.8 Å². The minimum Gasteiger partial charge on any atom is -0.365 e. The molecule has 0 saturated heterocycles. The summed E-state index contributed by atoms with van der Waals surface area (Å²) >= 11 is 0. The number of para-hydroxylation sites is 1. The van der Waals surface area contributed by atoms with E-state index in [9.17, 15) is 14.0 Å². The number of rotatable bonds is 7. The SMILES string of the molecule is NC(=O)c1cc(F)c(NC2CCCCC2N)nc1Nc1cnc2c(NC(=O)c3ccccn3)cccc2c1. The van der Waals surface area contributed by atoms with Crippen LogP contribution in [0.2, 0.25) is 0 Å². The first-order chi connectivity index (χ1) is 18.4. The van der Waals surface area contributed by atoms with Gasteiger partial charge in [0.05, 0.1) is 28.7 Å². The number of halogens is 1. The Bertz CT molecular complexity index is 1500. The van der Waals surface area contributed by atoms with Crippen LogP contribution in [-0.2, 0) is 0 Å². The third-order valence-electron chi connectivity index (χ3n) is 6.50. The summed E-state index contributed by atoms with van der Waals surface area (Å²) in [5.41, 5.74) is 13.5. The van der Waals surface area contributed by atoms with Gasteiger partial charge in [-0.25, -0.2) is 9.37 Å². The molecule has 2 amide bonds. The van der Waals surface area contributed by atoms with Gasteiger partial charge in [-0.3, -0.25) is 19.6 Å². The van der Waals surface area contributed by atoms with E-state index in [0.29, 0.717) is 22.3 Å². The number of aromatic nitrogens is 3. The minimum atomic E-state index is -0.826. The van der Waals surface area contributed by atoms with Gasteiger partial charge < -0.3 is 27.4 Å². The highest BCUT2D eigenvalue weighted by Gasteiger charge is 2.24. The lowest BCUT2D eigenvalue weighted by molar-refractivity contribution is 0.0997. The zero-order chi connectivity index (χ0) is 26.6. The summed E-state index contributed by atoms with van der Waals surface area (Å²) in [6, 6.07) is 13.0. The molecule has 0 aliphatic heterocycles. The summed E-state index contributed by atoms with van der Waals surface area (Å²) in [5.74, 6) is -1.79. The van der Waals surface area contributed by atoms with Gasteiger partial charge >= 0.3 is 0 Å². The highest BCUT2D eigenvalue weighted by Crippen LogP contribution is 2.29. The van der Waals surface area contributed by atoms with Crippen molar-refractivity contribution in [3.63, 3.8) is 0 Å². The van der Waals surface area contributed by atoms with Crippen molar-refractivity contribution in [2.24, 2.45) is 11.5 Å². The first-order valence-electron chi connectivity index (χ1n) is 12.3. The molecule has 194 valence electrons. The van der Waals surface area contributed by atoms with Crippen molar-refractivity contribution in [1.82, 2.24) is 15.0 Å². The predicted molar refractivity (Wildman–Crippen MR) is 144 cm³/mol. The van der Waals surface area contributed by atoms with E-state index in [1.165, 1.54) is 6.20 Å². The average Bonchev–Trinajstić information content (AvgIpc) is 2.92. The standard InChI is InChI=1S/C27H27FN8O2/c28-18-13-17(24(30)37)25(36-26(18)34-20-8-2-1-7-19(20)29)33-16-12-15-6-5-10-21(23(15)32-14-16)35-27(38)22-9-3-4-11-31-22/h3-6,9-14,19-20H,1-2,7-8,29H2,(H2,30,37)(H,35,38)(H2,33,34,36). The highest BCUT2D eigenvalue weighted by molar-refractivity contribution is 6.07. The number of hydrogen-bond acceptors (Lipinski definition) is 8. The summed E-state index contributed by atoms with van der Waals surface area (Å²) in [6.07, 6.45) is 6.74. The molecule has 38 heavy (non-hydrogen) atoms. The molecule has 7 N–H and O–H groups in total. The van der Waals surface area contributed by atoms with Crippen LogP contribution in [0.15, 0.2) is 60.9 Å². The van der Waals surface area contributed by atoms with Crippen molar-refractivity contribution >= 4 is 45.7 Å². The van der Waals surface area contributed by atoms with Crippen LogP contribution < -0.4 is 27.4 Å². The molecule has 5 rings (SSSR count). The Hall–Kier alpha value is -4.64. The maximum Gasteiger partial charge on any atom is 0.274 e. The largest absolute Gasteiger partial charge is 0.365 e.